The van der Waals surface area contributed by atoms with Crippen LogP contribution >= 0.6 is 0 Å². The number of hydrogen-bond donors (Lipinski definition) is 0. The van der Waals surface area contributed by atoms with Crippen LogP contribution in [0, 0.1) is 5.82 Å². The second kappa shape index (κ2) is 10.2. The molecule has 169 valence electrons. The van der Waals surface area contributed by atoms with Crippen LogP contribution in [0.5, 0.6) is 5.75 Å². The summed E-state index contributed by atoms with van der Waals surface area (Å²) in [6.07, 6.45) is 1.19. The van der Waals surface area contributed by atoms with Crippen molar-refractivity contribution in [3.05, 3.63) is 29.6 Å². The molecule has 1 aromatic rings. The first-order chi connectivity index (χ1) is 14.2. The van der Waals surface area contributed by atoms with Crippen LogP contribution < -0.4 is 4.74 Å². The first-order valence-corrected chi connectivity index (χ1v) is 16.2. The van der Waals surface area contributed by atoms with E-state index in [1.54, 1.807) is 13.2 Å². The summed E-state index contributed by atoms with van der Waals surface area (Å²) in [5.74, 6) is -1.41. The van der Waals surface area contributed by atoms with Crippen LogP contribution in [-0.2, 0) is 4.74 Å². The fourth-order valence-corrected chi connectivity index (χ4v) is 13.4. The lowest BCUT2D eigenvalue weighted by molar-refractivity contribution is -0.275. The second-order valence-corrected chi connectivity index (χ2v) is 17.6. The lowest BCUT2D eigenvalue weighted by atomic mass is 9.93. The average Bonchev–Trinajstić information content (AvgIpc) is 2.70. The molecule has 0 aliphatic carbocycles. The molecular weight excluding hydrogens is 428 g/mol. The van der Waals surface area contributed by atoms with E-state index in [9.17, 15) is 17.6 Å². The summed E-state index contributed by atoms with van der Waals surface area (Å²) in [4.78, 5) is 0. The van der Waals surface area contributed by atoms with Gasteiger partial charge in [-0.05, 0) is 48.4 Å². The van der Waals surface area contributed by atoms with E-state index in [1.165, 1.54) is 55.5 Å². The second-order valence-electron chi connectivity index (χ2n) is 9.35. The molecule has 0 N–H and O–H groups in total. The first-order valence-electron chi connectivity index (χ1n) is 11.1. The summed E-state index contributed by atoms with van der Waals surface area (Å²) >= 11 is 0. The van der Waals surface area contributed by atoms with Crippen molar-refractivity contribution in [2.45, 2.75) is 86.7 Å². The molecule has 2 fully saturated rings. The molecule has 0 bridgehead atoms. The summed E-state index contributed by atoms with van der Waals surface area (Å²) in [5.41, 5.74) is 1.73. The van der Waals surface area contributed by atoms with E-state index in [-0.39, 0.29) is 14.7 Å². The number of methoxy groups -OCH3 is 1. The molecule has 2 saturated heterocycles. The summed E-state index contributed by atoms with van der Waals surface area (Å²) < 4.78 is 60.0. The van der Waals surface area contributed by atoms with Crippen LogP contribution in [0.4, 0.5) is 17.6 Å². The van der Waals surface area contributed by atoms with Gasteiger partial charge in [-0.1, -0.05) is 55.7 Å². The van der Waals surface area contributed by atoms with Crippen molar-refractivity contribution in [2.75, 3.05) is 13.7 Å². The van der Waals surface area contributed by atoms with Crippen LogP contribution in [0.25, 0.3) is 0 Å². The van der Waals surface area contributed by atoms with Gasteiger partial charge in [0.2, 0.25) is 0 Å². The zero-order valence-electron chi connectivity index (χ0n) is 18.0. The molecule has 1 radical (unpaired) electrons. The number of hydrogen-bond acceptors (Lipinski definition) is 2. The maximum atomic E-state index is 14.1. The van der Waals surface area contributed by atoms with Crippen molar-refractivity contribution in [1.29, 1.82) is 0 Å². The minimum Gasteiger partial charge on any atom is -0.403 e. The third kappa shape index (κ3) is 6.56. The molecule has 2 heterocycles. The number of rotatable bonds is 7. The van der Waals surface area contributed by atoms with E-state index in [2.05, 4.69) is 11.3 Å². The standard InChI is InChI=1S/C22H33F4O2Si2/c1-27-10-3-13-30(2)14-8-19(9-15-30)29-11-6-17(7-12-29)18-4-5-21(20(23)16-18)28-22(24,25)26/h4-5,16-17,19H,3,6-15H2,1-2H3. The Morgan fingerprint density at radius 3 is 2.33 bits per heavy atom. The minimum absolute atomic E-state index is 0.255. The van der Waals surface area contributed by atoms with E-state index < -0.39 is 26.0 Å². The van der Waals surface area contributed by atoms with Crippen molar-refractivity contribution in [2.24, 2.45) is 0 Å². The molecule has 0 amide bonds. The predicted molar refractivity (Wildman–Crippen MR) is 116 cm³/mol. The molecule has 0 saturated carbocycles. The normalized spacial score (nSPS) is 26.7. The SMILES string of the molecule is COCCC[Si]1(C)CCC([Si]2CCC(c3ccc(OC(F)(F)F)c(F)c3)CC2)CC1. The Balaban J connectivity index is 1.48. The van der Waals surface area contributed by atoms with Gasteiger partial charge in [-0.25, -0.2) is 4.39 Å². The highest BCUT2D eigenvalue weighted by Crippen LogP contribution is 2.45. The maximum absolute atomic E-state index is 14.1. The van der Waals surface area contributed by atoms with E-state index in [1.807, 2.05) is 0 Å². The van der Waals surface area contributed by atoms with Gasteiger partial charge in [0.05, 0.1) is 16.9 Å². The molecule has 0 aromatic heterocycles. The average molecular weight is 462 g/mol. The van der Waals surface area contributed by atoms with Crippen molar-refractivity contribution < 1.29 is 27.0 Å². The lowest BCUT2D eigenvalue weighted by Crippen LogP contribution is -2.38. The van der Waals surface area contributed by atoms with Crippen LogP contribution in [0.1, 0.15) is 43.6 Å². The third-order valence-electron chi connectivity index (χ3n) is 7.18. The van der Waals surface area contributed by atoms with Crippen LogP contribution in [0.2, 0.25) is 42.3 Å². The van der Waals surface area contributed by atoms with Gasteiger partial charge in [-0.15, -0.1) is 13.2 Å². The summed E-state index contributed by atoms with van der Waals surface area (Å²) in [6.45, 7) is 3.44. The number of benzene rings is 1. The summed E-state index contributed by atoms with van der Waals surface area (Å²) in [5, 5.41) is 0. The lowest BCUT2D eigenvalue weighted by Gasteiger charge is -2.40. The number of ether oxygens (including phenoxy) is 2. The highest BCUT2D eigenvalue weighted by Gasteiger charge is 2.37. The van der Waals surface area contributed by atoms with Crippen molar-refractivity contribution in [1.82, 2.24) is 0 Å². The van der Waals surface area contributed by atoms with E-state index in [4.69, 9.17) is 4.74 Å². The van der Waals surface area contributed by atoms with Crippen molar-refractivity contribution in [3.63, 3.8) is 0 Å². The Labute approximate surface area is 180 Å². The van der Waals surface area contributed by atoms with E-state index in [0.29, 0.717) is 0 Å². The highest BCUT2D eigenvalue weighted by atomic mass is 28.3. The summed E-state index contributed by atoms with van der Waals surface area (Å²) in [7, 11) is 0.333. The monoisotopic (exact) mass is 461 g/mol. The van der Waals surface area contributed by atoms with Crippen LogP contribution in [0.3, 0.4) is 0 Å². The van der Waals surface area contributed by atoms with Gasteiger partial charge in [0, 0.05) is 13.7 Å². The Morgan fingerprint density at radius 2 is 1.77 bits per heavy atom. The maximum Gasteiger partial charge on any atom is 0.573 e. The molecule has 0 unspecified atom stereocenters. The highest BCUT2D eigenvalue weighted by molar-refractivity contribution is 6.79. The Kier molecular flexibility index (Phi) is 8.06. The molecule has 2 nitrogen and oxygen atoms in total. The fraction of sp³-hybridized carbons (Fsp3) is 0.727. The Morgan fingerprint density at radius 1 is 1.10 bits per heavy atom. The molecular formula is C22H33F4O2Si2. The zero-order valence-corrected chi connectivity index (χ0v) is 20.0. The largest absolute Gasteiger partial charge is 0.573 e. The Hall–Kier alpha value is -0.866. The Bertz CT molecular complexity index is 682. The molecule has 1 aromatic carbocycles. The quantitative estimate of drug-likeness (QED) is 0.240. The smallest absolute Gasteiger partial charge is 0.403 e. The number of halogens is 4. The summed E-state index contributed by atoms with van der Waals surface area (Å²) in [6, 6.07) is 10.7. The van der Waals surface area contributed by atoms with Gasteiger partial charge in [0.25, 0.3) is 0 Å². The van der Waals surface area contributed by atoms with Crippen molar-refractivity contribution in [3.8, 4) is 5.75 Å². The first kappa shape index (κ1) is 23.8. The van der Waals surface area contributed by atoms with Gasteiger partial charge in [-0.2, -0.15) is 0 Å². The topological polar surface area (TPSA) is 18.5 Å². The molecule has 0 spiro atoms. The van der Waals surface area contributed by atoms with Gasteiger partial charge >= 0.3 is 6.36 Å². The number of alkyl halides is 3. The molecule has 8 heteroatoms. The molecule has 2 aliphatic heterocycles. The van der Waals surface area contributed by atoms with Gasteiger partial charge in [0.1, 0.15) is 0 Å². The molecule has 2 aliphatic rings. The van der Waals surface area contributed by atoms with Crippen LogP contribution in [0.15, 0.2) is 18.2 Å². The van der Waals surface area contributed by atoms with Gasteiger partial charge in [0.15, 0.2) is 11.6 Å². The van der Waals surface area contributed by atoms with E-state index in [0.717, 1.165) is 36.6 Å². The molecule has 3 rings (SSSR count). The van der Waals surface area contributed by atoms with E-state index >= 15 is 0 Å². The zero-order chi connectivity index (χ0) is 21.8. The van der Waals surface area contributed by atoms with Crippen LogP contribution in [-0.4, -0.2) is 36.9 Å². The van der Waals surface area contributed by atoms with Gasteiger partial charge < -0.3 is 9.47 Å². The molecule has 30 heavy (non-hydrogen) atoms. The minimum atomic E-state index is -4.87. The van der Waals surface area contributed by atoms with Crippen molar-refractivity contribution >= 4 is 16.9 Å². The van der Waals surface area contributed by atoms with Gasteiger partial charge in [-0.3, -0.25) is 0 Å². The fourth-order valence-electron chi connectivity index (χ4n) is 5.32. The predicted octanol–water partition coefficient (Wildman–Crippen LogP) is 7.38. The third-order valence-corrected chi connectivity index (χ3v) is 15.3. The molecule has 0 atom stereocenters.